The van der Waals surface area contributed by atoms with Crippen molar-refractivity contribution in [2.75, 3.05) is 5.32 Å². The topological polar surface area (TPSA) is 55.4 Å². The van der Waals surface area contributed by atoms with Gasteiger partial charge in [0.2, 0.25) is 0 Å². The van der Waals surface area contributed by atoms with Gasteiger partial charge >= 0.3 is 0 Å². The third kappa shape index (κ3) is 4.76. The Kier molecular flexibility index (Phi) is 6.12. The summed E-state index contributed by atoms with van der Waals surface area (Å²) in [5.74, 6) is -0.244. The maximum atomic E-state index is 12.4. The molecule has 1 aromatic carbocycles. The Morgan fingerprint density at radius 1 is 1.36 bits per heavy atom. The van der Waals surface area contributed by atoms with Crippen LogP contribution in [0, 0.1) is 0 Å². The molecule has 0 saturated carbocycles. The van der Waals surface area contributed by atoms with Crippen molar-refractivity contribution in [3.05, 3.63) is 28.2 Å². The monoisotopic (exact) mass is 385 g/mol. The van der Waals surface area contributed by atoms with E-state index in [0.717, 1.165) is 10.8 Å². The van der Waals surface area contributed by atoms with Crippen LogP contribution in [-0.4, -0.2) is 26.6 Å². The molecule has 1 atom stereocenters. The number of anilines is 1. The normalized spacial score (nSPS) is 13.6. The number of carbonyl (C=O) groups excluding carboxylic acids is 2. The van der Waals surface area contributed by atoms with E-state index >= 15 is 0 Å². The molecule has 1 amide bonds. The Labute approximate surface area is 141 Å². The van der Waals surface area contributed by atoms with Crippen LogP contribution < -0.4 is 5.32 Å². The van der Waals surface area contributed by atoms with Crippen molar-refractivity contribution in [2.45, 2.75) is 51.9 Å². The van der Waals surface area contributed by atoms with Gasteiger partial charge in [-0.3, -0.25) is 9.59 Å². The zero-order valence-electron chi connectivity index (χ0n) is 14.0. The average molecular weight is 386 g/mol. The molecule has 0 spiro atoms. The molecule has 0 aromatic heterocycles. The minimum Gasteiger partial charge on any atom is -0.405 e. The van der Waals surface area contributed by atoms with Crippen LogP contribution in [0.4, 0.5) is 5.69 Å². The molecular weight excluding hydrogens is 362 g/mol. The predicted octanol–water partition coefficient (Wildman–Crippen LogP) is 4.61. The van der Waals surface area contributed by atoms with Gasteiger partial charge in [0.05, 0.1) is 5.69 Å². The highest BCUT2D eigenvalue weighted by molar-refractivity contribution is 9.10. The maximum Gasteiger partial charge on any atom is 0.251 e. The molecule has 0 aliphatic heterocycles. The number of nitrogens with one attached hydrogen (secondary N) is 1. The fourth-order valence-electron chi connectivity index (χ4n) is 1.65. The van der Waals surface area contributed by atoms with E-state index in [4.69, 9.17) is 4.43 Å². The number of hydrogen-bond donors (Lipinski definition) is 1. The highest BCUT2D eigenvalue weighted by Crippen LogP contribution is 2.37. The first-order chi connectivity index (χ1) is 9.98. The number of aldehydes is 1. The van der Waals surface area contributed by atoms with Crippen LogP contribution in [0.1, 0.15) is 38.1 Å². The van der Waals surface area contributed by atoms with E-state index in [1.807, 2.05) is 0 Å². The Morgan fingerprint density at radius 2 is 1.95 bits per heavy atom. The summed E-state index contributed by atoms with van der Waals surface area (Å²) in [4.78, 5) is 23.4. The number of rotatable bonds is 5. The zero-order chi connectivity index (χ0) is 17.1. The highest BCUT2D eigenvalue weighted by atomic mass is 79.9. The van der Waals surface area contributed by atoms with E-state index in [0.29, 0.717) is 11.3 Å². The standard InChI is InChI=1S/C16H24BrNO3Si/c1-11(21-22(5,6)16(2,3)4)15(20)18-14-9-13(17)8-7-12(14)10-19/h7-11H,1-6H3,(H,18,20). The minimum absolute atomic E-state index is 0.0330. The molecule has 0 heterocycles. The van der Waals surface area contributed by atoms with Crippen molar-refractivity contribution in [1.29, 1.82) is 0 Å². The molecular formula is C16H24BrNO3Si. The van der Waals surface area contributed by atoms with Crippen LogP contribution in [0.25, 0.3) is 0 Å². The molecule has 22 heavy (non-hydrogen) atoms. The first-order valence-electron chi connectivity index (χ1n) is 7.21. The average Bonchev–Trinajstić information content (AvgIpc) is 2.37. The van der Waals surface area contributed by atoms with Gasteiger partial charge in [0, 0.05) is 10.0 Å². The minimum atomic E-state index is -2.02. The Morgan fingerprint density at radius 3 is 2.45 bits per heavy atom. The molecule has 0 fully saturated rings. The largest absolute Gasteiger partial charge is 0.405 e. The number of hydrogen-bond acceptors (Lipinski definition) is 3. The van der Waals surface area contributed by atoms with Gasteiger partial charge in [0.25, 0.3) is 5.91 Å². The fourth-order valence-corrected chi connectivity index (χ4v) is 3.35. The van der Waals surface area contributed by atoms with E-state index in [2.05, 4.69) is 55.1 Å². The number of benzene rings is 1. The molecule has 1 unspecified atom stereocenters. The Balaban J connectivity index is 2.85. The molecule has 122 valence electrons. The number of halogens is 1. The third-order valence-electron chi connectivity index (χ3n) is 4.05. The van der Waals surface area contributed by atoms with E-state index < -0.39 is 14.4 Å². The van der Waals surface area contributed by atoms with Crippen LogP contribution in [0.5, 0.6) is 0 Å². The highest BCUT2D eigenvalue weighted by Gasteiger charge is 2.39. The lowest BCUT2D eigenvalue weighted by Crippen LogP contribution is -2.46. The molecule has 0 radical (unpaired) electrons. The van der Waals surface area contributed by atoms with Gasteiger partial charge in [0.15, 0.2) is 14.6 Å². The Bertz CT molecular complexity index is 567. The van der Waals surface area contributed by atoms with Crippen LogP contribution in [-0.2, 0) is 9.22 Å². The molecule has 0 aliphatic rings. The lowest BCUT2D eigenvalue weighted by atomic mass is 10.2. The lowest BCUT2D eigenvalue weighted by Gasteiger charge is -2.38. The van der Waals surface area contributed by atoms with Crippen LogP contribution in [0.3, 0.4) is 0 Å². The van der Waals surface area contributed by atoms with Gasteiger partial charge in [-0.2, -0.15) is 0 Å². The second-order valence-corrected chi connectivity index (χ2v) is 12.5. The second-order valence-electron chi connectivity index (χ2n) is 6.86. The SMILES string of the molecule is CC(O[Si](C)(C)C(C)(C)C)C(=O)Nc1cc(Br)ccc1C=O. The van der Waals surface area contributed by atoms with Gasteiger partial charge < -0.3 is 9.74 Å². The molecule has 0 saturated heterocycles. The van der Waals surface area contributed by atoms with Gasteiger partial charge in [-0.15, -0.1) is 0 Å². The first kappa shape index (κ1) is 19.1. The summed E-state index contributed by atoms with van der Waals surface area (Å²) >= 11 is 3.34. The maximum absolute atomic E-state index is 12.4. The summed E-state index contributed by atoms with van der Waals surface area (Å²) in [5, 5.41) is 2.81. The Hall–Kier alpha value is -0.983. The molecule has 1 aromatic rings. The van der Waals surface area contributed by atoms with Crippen molar-refractivity contribution >= 4 is 42.1 Å². The molecule has 1 rings (SSSR count). The van der Waals surface area contributed by atoms with Gasteiger partial charge in [0.1, 0.15) is 6.10 Å². The van der Waals surface area contributed by atoms with Crippen LogP contribution in [0.2, 0.25) is 18.1 Å². The quantitative estimate of drug-likeness (QED) is 0.594. The van der Waals surface area contributed by atoms with Crippen molar-refractivity contribution in [3.63, 3.8) is 0 Å². The van der Waals surface area contributed by atoms with Crippen LogP contribution >= 0.6 is 15.9 Å². The second kappa shape index (κ2) is 7.06. The molecule has 0 aliphatic carbocycles. The molecule has 1 N–H and O–H groups in total. The van der Waals surface area contributed by atoms with E-state index in [1.165, 1.54) is 0 Å². The predicted molar refractivity (Wildman–Crippen MR) is 95.9 cm³/mol. The number of carbonyl (C=O) groups is 2. The van der Waals surface area contributed by atoms with Crippen LogP contribution in [0.15, 0.2) is 22.7 Å². The fraction of sp³-hybridized carbons (Fsp3) is 0.500. The summed E-state index contributed by atoms with van der Waals surface area (Å²) < 4.78 is 6.86. The van der Waals surface area contributed by atoms with Gasteiger partial charge in [-0.25, -0.2) is 0 Å². The van der Waals surface area contributed by atoms with Crippen molar-refractivity contribution in [3.8, 4) is 0 Å². The van der Waals surface area contributed by atoms with Crippen molar-refractivity contribution < 1.29 is 14.0 Å². The summed E-state index contributed by atoms with van der Waals surface area (Å²) in [5.41, 5.74) is 0.927. The summed E-state index contributed by atoms with van der Waals surface area (Å²) in [6, 6.07) is 5.13. The van der Waals surface area contributed by atoms with E-state index in [-0.39, 0.29) is 10.9 Å². The molecule has 4 nitrogen and oxygen atoms in total. The number of amides is 1. The van der Waals surface area contributed by atoms with Gasteiger partial charge in [-0.1, -0.05) is 36.7 Å². The van der Waals surface area contributed by atoms with Gasteiger partial charge in [-0.05, 0) is 43.3 Å². The summed E-state index contributed by atoms with van der Waals surface area (Å²) in [7, 11) is -2.02. The van der Waals surface area contributed by atoms with Crippen molar-refractivity contribution in [2.24, 2.45) is 0 Å². The van der Waals surface area contributed by atoms with Crippen molar-refractivity contribution in [1.82, 2.24) is 0 Å². The molecule has 6 heteroatoms. The summed E-state index contributed by atoms with van der Waals surface area (Å²) in [6.45, 7) is 12.3. The smallest absolute Gasteiger partial charge is 0.251 e. The molecule has 0 bridgehead atoms. The lowest BCUT2D eigenvalue weighted by molar-refractivity contribution is -0.122. The third-order valence-corrected chi connectivity index (χ3v) is 9.10. The first-order valence-corrected chi connectivity index (χ1v) is 10.9. The zero-order valence-corrected chi connectivity index (χ0v) is 16.6. The van der Waals surface area contributed by atoms with E-state index in [1.54, 1.807) is 25.1 Å². The summed E-state index contributed by atoms with van der Waals surface area (Å²) in [6.07, 6.45) is 0.154. The van der Waals surface area contributed by atoms with E-state index in [9.17, 15) is 9.59 Å².